The topological polar surface area (TPSA) is 156 Å². The van der Waals surface area contributed by atoms with Gasteiger partial charge >= 0.3 is 0 Å². The molecular weight excluding hydrogens is 476 g/mol. The van der Waals surface area contributed by atoms with Gasteiger partial charge in [0.05, 0.1) is 24.2 Å². The van der Waals surface area contributed by atoms with Crippen molar-refractivity contribution in [3.05, 3.63) is 48.0 Å². The van der Waals surface area contributed by atoms with E-state index in [1.165, 1.54) is 0 Å². The Balaban J connectivity index is 2.39. The Bertz CT molecular complexity index is 1270. The molecule has 11 heteroatoms. The number of nitrogen functional groups attached to an aromatic ring is 1. The second-order valence-electron chi connectivity index (χ2n) is 7.84. The van der Waals surface area contributed by atoms with Crippen LogP contribution in [0.5, 0.6) is 5.75 Å². The van der Waals surface area contributed by atoms with Gasteiger partial charge in [0.25, 0.3) is 10.1 Å². The summed E-state index contributed by atoms with van der Waals surface area (Å²) in [5, 5.41) is 19.7. The van der Waals surface area contributed by atoms with Crippen molar-refractivity contribution in [2.75, 3.05) is 31.0 Å². The molecule has 0 unspecified atom stereocenters. The first kappa shape index (κ1) is 26.9. The average molecular weight is 501 g/mol. The van der Waals surface area contributed by atoms with Crippen LogP contribution in [0, 0.1) is 28.1 Å². The normalized spacial score (nSPS) is 11.3. The lowest BCUT2D eigenvalue weighted by molar-refractivity contribution is -0.125. The molecule has 0 bridgehead atoms. The number of hydrogen-bond donors (Lipinski definition) is 1. The minimum atomic E-state index is -3.70. The number of benzene rings is 1. The fraction of sp³-hybridized carbons (Fsp3) is 0.304. The van der Waals surface area contributed by atoms with Gasteiger partial charge in [-0.3, -0.25) is 8.98 Å². The number of carbonyl (C=O) groups is 1. The molecule has 0 radical (unpaired) electrons. The lowest BCUT2D eigenvalue weighted by Gasteiger charge is -2.22. The number of rotatable bonds is 11. The first-order chi connectivity index (χ1) is 15.9. The van der Waals surface area contributed by atoms with Crippen LogP contribution in [-0.4, -0.2) is 44.4 Å². The molecule has 0 saturated heterocycles. The van der Waals surface area contributed by atoms with Gasteiger partial charge in [0.2, 0.25) is 0 Å². The van der Waals surface area contributed by atoms with E-state index in [1.54, 1.807) is 44.2 Å². The molecule has 1 aromatic heterocycles. The van der Waals surface area contributed by atoms with E-state index >= 15 is 0 Å². The van der Waals surface area contributed by atoms with Crippen LogP contribution in [0.2, 0.25) is 0 Å². The van der Waals surface area contributed by atoms with Crippen molar-refractivity contribution in [3.63, 3.8) is 0 Å². The maximum atomic E-state index is 12.7. The van der Waals surface area contributed by atoms with Crippen molar-refractivity contribution in [2.24, 2.45) is 5.41 Å². The van der Waals surface area contributed by atoms with Crippen molar-refractivity contribution in [1.29, 1.82) is 10.5 Å². The van der Waals surface area contributed by atoms with Gasteiger partial charge in [-0.05, 0) is 17.7 Å². The molecule has 0 amide bonds. The lowest BCUT2D eigenvalue weighted by Crippen LogP contribution is -2.32. The minimum absolute atomic E-state index is 0.0499. The highest BCUT2D eigenvalue weighted by Crippen LogP contribution is 2.37. The fourth-order valence-corrected chi connectivity index (χ4v) is 4.35. The minimum Gasteiger partial charge on any atom is -0.490 e. The Kier molecular flexibility index (Phi) is 8.82. The highest BCUT2D eigenvalue weighted by Gasteiger charge is 2.30. The summed E-state index contributed by atoms with van der Waals surface area (Å²) in [4.78, 5) is 16.9. The van der Waals surface area contributed by atoms with Gasteiger partial charge in [-0.15, -0.1) is 0 Å². The molecular formula is C23H24N4O5S2. The predicted molar refractivity (Wildman–Crippen MR) is 130 cm³/mol. The van der Waals surface area contributed by atoms with Crippen molar-refractivity contribution in [2.45, 2.75) is 18.9 Å². The average Bonchev–Trinajstić information content (AvgIpc) is 2.79. The molecule has 178 valence electrons. The van der Waals surface area contributed by atoms with Gasteiger partial charge in [0.15, 0.2) is 5.78 Å². The van der Waals surface area contributed by atoms with Crippen molar-refractivity contribution in [3.8, 4) is 29.0 Å². The number of pyridine rings is 1. The molecule has 1 heterocycles. The maximum Gasteiger partial charge on any atom is 0.264 e. The zero-order valence-corrected chi connectivity index (χ0v) is 20.6. The van der Waals surface area contributed by atoms with Gasteiger partial charge in [0, 0.05) is 11.0 Å². The summed E-state index contributed by atoms with van der Waals surface area (Å²) in [6.45, 7) is 6.73. The van der Waals surface area contributed by atoms with E-state index in [9.17, 15) is 23.7 Å². The predicted octanol–water partition coefficient (Wildman–Crippen LogP) is 3.30. The molecule has 0 aliphatic heterocycles. The third kappa shape index (κ3) is 6.81. The molecule has 2 rings (SSSR count). The van der Waals surface area contributed by atoms with Gasteiger partial charge < -0.3 is 10.5 Å². The number of Topliss-reactive ketones (excluding diaryl/α,β-unsaturated/α-hetero) is 1. The fourth-order valence-electron chi connectivity index (χ4n) is 2.73. The summed E-state index contributed by atoms with van der Waals surface area (Å²) in [6, 6.07) is 10.8. The summed E-state index contributed by atoms with van der Waals surface area (Å²) in [6.07, 6.45) is 2.52. The van der Waals surface area contributed by atoms with Crippen LogP contribution in [0.4, 0.5) is 5.82 Å². The van der Waals surface area contributed by atoms with Crippen molar-refractivity contribution in [1.82, 2.24) is 4.98 Å². The highest BCUT2D eigenvalue weighted by molar-refractivity contribution is 8.00. The second-order valence-corrected chi connectivity index (χ2v) is 10.4. The largest absolute Gasteiger partial charge is 0.490 e. The Morgan fingerprint density at radius 1 is 1.24 bits per heavy atom. The standard InChI is InChI=1S/C23H24N4O5S2/c1-5-10-31-16-8-6-15(7-9-16)20-17(11-24)21(26)27-22(18(20)12-25)33-13-19(28)23(2,3)14-32-34(4,29)30/h5-9H,1,10,13-14H2,2-4H3,(H2,26,27). The number of nitrogens with two attached hydrogens (primary N) is 1. The van der Waals surface area contributed by atoms with Crippen LogP contribution in [0.25, 0.3) is 11.1 Å². The van der Waals surface area contributed by atoms with Gasteiger partial charge in [-0.1, -0.05) is 50.4 Å². The molecule has 0 fully saturated rings. The summed E-state index contributed by atoms with van der Waals surface area (Å²) in [5.41, 5.74) is 5.94. The lowest BCUT2D eigenvalue weighted by atomic mass is 9.90. The Hall–Kier alpha value is -3.38. The smallest absolute Gasteiger partial charge is 0.264 e. The molecule has 1 aromatic carbocycles. The number of ketones is 1. The zero-order valence-electron chi connectivity index (χ0n) is 19.0. The van der Waals surface area contributed by atoms with E-state index in [-0.39, 0.29) is 40.1 Å². The molecule has 0 atom stereocenters. The SMILES string of the molecule is C=CCOc1ccc(-c2c(C#N)c(N)nc(SCC(=O)C(C)(C)COS(C)(=O)=O)c2C#N)cc1. The third-order valence-corrected chi connectivity index (χ3v) is 6.18. The number of hydrogen-bond acceptors (Lipinski definition) is 10. The van der Waals surface area contributed by atoms with E-state index < -0.39 is 15.5 Å². The number of carbonyl (C=O) groups excluding carboxylic acids is 1. The van der Waals surface area contributed by atoms with E-state index in [2.05, 4.69) is 17.6 Å². The summed E-state index contributed by atoms with van der Waals surface area (Å²) >= 11 is 0.983. The van der Waals surface area contributed by atoms with Crippen LogP contribution < -0.4 is 10.5 Å². The monoisotopic (exact) mass is 500 g/mol. The van der Waals surface area contributed by atoms with Crippen molar-refractivity contribution < 1.29 is 22.1 Å². The second kappa shape index (κ2) is 11.2. The summed E-state index contributed by atoms with van der Waals surface area (Å²) in [7, 11) is -3.70. The molecule has 9 nitrogen and oxygen atoms in total. The van der Waals surface area contributed by atoms with Crippen LogP contribution in [0.1, 0.15) is 25.0 Å². The van der Waals surface area contributed by atoms with Crippen LogP contribution in [-0.2, 0) is 19.1 Å². The number of nitriles is 2. The van der Waals surface area contributed by atoms with E-state index in [0.717, 1.165) is 18.0 Å². The Morgan fingerprint density at radius 2 is 1.85 bits per heavy atom. The van der Waals surface area contributed by atoms with Crippen LogP contribution in [0.15, 0.2) is 41.9 Å². The first-order valence-corrected chi connectivity index (χ1v) is 12.7. The maximum absolute atomic E-state index is 12.7. The molecule has 2 N–H and O–H groups in total. The molecule has 0 spiro atoms. The summed E-state index contributed by atoms with van der Waals surface area (Å²) in [5.74, 6) is 0.0977. The zero-order chi connectivity index (χ0) is 25.5. The molecule has 0 aliphatic rings. The van der Waals surface area contributed by atoms with E-state index in [4.69, 9.17) is 14.7 Å². The number of aromatic nitrogens is 1. The highest BCUT2D eigenvalue weighted by atomic mass is 32.2. The quantitative estimate of drug-likeness (QED) is 0.276. The number of ether oxygens (including phenoxy) is 1. The molecule has 34 heavy (non-hydrogen) atoms. The van der Waals surface area contributed by atoms with Gasteiger partial charge in [-0.2, -0.15) is 18.9 Å². The Morgan fingerprint density at radius 3 is 2.38 bits per heavy atom. The van der Waals surface area contributed by atoms with Crippen LogP contribution >= 0.6 is 11.8 Å². The van der Waals surface area contributed by atoms with Crippen molar-refractivity contribution >= 4 is 33.5 Å². The van der Waals surface area contributed by atoms with E-state index in [1.807, 2.05) is 6.07 Å². The number of anilines is 1. The van der Waals surface area contributed by atoms with Gasteiger partial charge in [-0.25, -0.2) is 4.98 Å². The van der Waals surface area contributed by atoms with E-state index in [0.29, 0.717) is 23.5 Å². The first-order valence-electron chi connectivity index (χ1n) is 9.91. The number of thioether (sulfide) groups is 1. The molecule has 0 saturated carbocycles. The third-order valence-electron chi connectivity index (χ3n) is 4.66. The number of nitrogens with zero attached hydrogens (tertiary/aromatic N) is 3. The van der Waals surface area contributed by atoms with Gasteiger partial charge in [0.1, 0.15) is 40.9 Å². The summed E-state index contributed by atoms with van der Waals surface area (Å²) < 4.78 is 32.8. The molecule has 2 aromatic rings. The molecule has 0 aliphatic carbocycles. The Labute approximate surface area is 203 Å². The van der Waals surface area contributed by atoms with Crippen LogP contribution in [0.3, 0.4) is 0 Å².